The number of ether oxygens (including phenoxy) is 4. The SMILES string of the molecule is CCOP(OCC)OC(OCOC)C1OC(C)O1. The molecule has 0 N–H and O–H groups in total. The molecule has 18 heavy (non-hydrogen) atoms. The molecule has 8 heteroatoms. The molecule has 1 saturated heterocycles. The van der Waals surface area contributed by atoms with E-state index in [9.17, 15) is 0 Å². The molecule has 108 valence electrons. The minimum Gasteiger partial charge on any atom is -0.359 e. The fourth-order valence-electron chi connectivity index (χ4n) is 1.20. The van der Waals surface area contributed by atoms with Gasteiger partial charge in [0.1, 0.15) is 6.79 Å². The fourth-order valence-corrected chi connectivity index (χ4v) is 2.15. The van der Waals surface area contributed by atoms with Crippen LogP contribution in [0.2, 0.25) is 0 Å². The van der Waals surface area contributed by atoms with Crippen LogP contribution in [0.5, 0.6) is 0 Å². The van der Waals surface area contributed by atoms with E-state index in [2.05, 4.69) is 0 Å². The van der Waals surface area contributed by atoms with Gasteiger partial charge in [0.25, 0.3) is 0 Å². The first kappa shape index (κ1) is 16.2. The first-order valence-electron chi connectivity index (χ1n) is 5.85. The highest BCUT2D eigenvalue weighted by atomic mass is 31.2. The lowest BCUT2D eigenvalue weighted by Gasteiger charge is -2.38. The highest BCUT2D eigenvalue weighted by molar-refractivity contribution is 7.41. The highest BCUT2D eigenvalue weighted by Crippen LogP contribution is 2.42. The van der Waals surface area contributed by atoms with Crippen LogP contribution in [-0.2, 0) is 32.5 Å². The molecular formula is C10H21O7P. The van der Waals surface area contributed by atoms with E-state index in [1.807, 2.05) is 13.8 Å². The van der Waals surface area contributed by atoms with Crippen molar-refractivity contribution in [1.82, 2.24) is 0 Å². The Bertz CT molecular complexity index is 206. The Morgan fingerprint density at radius 1 is 1.17 bits per heavy atom. The van der Waals surface area contributed by atoms with Crippen LogP contribution in [0.4, 0.5) is 0 Å². The van der Waals surface area contributed by atoms with E-state index in [-0.39, 0.29) is 13.1 Å². The summed E-state index contributed by atoms with van der Waals surface area (Å²) in [7, 11) is 0.0480. The highest BCUT2D eigenvalue weighted by Gasteiger charge is 2.38. The van der Waals surface area contributed by atoms with Gasteiger partial charge in [0.2, 0.25) is 12.6 Å². The third kappa shape index (κ3) is 5.42. The fraction of sp³-hybridized carbons (Fsp3) is 1.00. The van der Waals surface area contributed by atoms with Crippen molar-refractivity contribution < 1.29 is 32.5 Å². The lowest BCUT2D eigenvalue weighted by atomic mass is 10.5. The number of hydrogen-bond acceptors (Lipinski definition) is 7. The third-order valence-corrected chi connectivity index (χ3v) is 3.20. The van der Waals surface area contributed by atoms with Crippen molar-refractivity contribution in [3.05, 3.63) is 0 Å². The summed E-state index contributed by atoms with van der Waals surface area (Å²) in [6, 6.07) is 0. The van der Waals surface area contributed by atoms with E-state index < -0.39 is 21.2 Å². The molecule has 0 aromatic heterocycles. The molecule has 0 aromatic rings. The van der Waals surface area contributed by atoms with Gasteiger partial charge in [0, 0.05) is 7.11 Å². The van der Waals surface area contributed by atoms with E-state index in [0.29, 0.717) is 13.2 Å². The van der Waals surface area contributed by atoms with Gasteiger partial charge in [-0.1, -0.05) is 0 Å². The zero-order valence-corrected chi connectivity index (χ0v) is 12.1. The zero-order valence-electron chi connectivity index (χ0n) is 11.2. The summed E-state index contributed by atoms with van der Waals surface area (Å²) in [6.07, 6.45) is -1.57. The molecule has 1 aliphatic heterocycles. The van der Waals surface area contributed by atoms with Crippen molar-refractivity contribution in [3.8, 4) is 0 Å². The van der Waals surface area contributed by atoms with Gasteiger partial charge in [-0.25, -0.2) is 0 Å². The van der Waals surface area contributed by atoms with Crippen LogP contribution in [-0.4, -0.2) is 46.0 Å². The monoisotopic (exact) mass is 284 g/mol. The van der Waals surface area contributed by atoms with Crippen LogP contribution in [0.15, 0.2) is 0 Å². The molecule has 1 rings (SSSR count). The summed E-state index contributed by atoms with van der Waals surface area (Å²) in [5.74, 6) is 0. The Balaban J connectivity index is 2.41. The van der Waals surface area contributed by atoms with Crippen LogP contribution < -0.4 is 0 Å². The average molecular weight is 284 g/mol. The van der Waals surface area contributed by atoms with E-state index in [0.717, 1.165) is 0 Å². The largest absolute Gasteiger partial charge is 0.359 e. The van der Waals surface area contributed by atoms with Crippen LogP contribution in [0, 0.1) is 0 Å². The van der Waals surface area contributed by atoms with Crippen molar-refractivity contribution in [1.29, 1.82) is 0 Å². The second-order valence-corrected chi connectivity index (χ2v) is 4.49. The summed E-state index contributed by atoms with van der Waals surface area (Å²) >= 11 is 0. The lowest BCUT2D eigenvalue weighted by molar-refractivity contribution is -0.427. The van der Waals surface area contributed by atoms with E-state index in [4.69, 9.17) is 32.5 Å². The summed E-state index contributed by atoms with van der Waals surface area (Å²) < 4.78 is 37.0. The van der Waals surface area contributed by atoms with Gasteiger partial charge in [-0.3, -0.25) is 4.52 Å². The van der Waals surface area contributed by atoms with E-state index in [1.54, 1.807) is 6.92 Å². The zero-order chi connectivity index (χ0) is 13.4. The first-order valence-corrected chi connectivity index (χ1v) is 6.95. The maximum Gasteiger partial charge on any atom is 0.335 e. The number of hydrogen-bond donors (Lipinski definition) is 0. The van der Waals surface area contributed by atoms with Gasteiger partial charge in [-0.15, -0.1) is 0 Å². The maximum atomic E-state index is 5.55. The van der Waals surface area contributed by atoms with Gasteiger partial charge in [0.05, 0.1) is 13.2 Å². The molecule has 1 unspecified atom stereocenters. The van der Waals surface area contributed by atoms with Crippen LogP contribution in [0.25, 0.3) is 0 Å². The van der Waals surface area contributed by atoms with Crippen molar-refractivity contribution >= 4 is 8.60 Å². The molecule has 0 spiro atoms. The Labute approximate surface area is 109 Å². The topological polar surface area (TPSA) is 64.6 Å². The summed E-state index contributed by atoms with van der Waals surface area (Å²) in [6.45, 7) is 6.57. The van der Waals surface area contributed by atoms with Gasteiger partial charge in [-0.2, -0.15) is 0 Å². The predicted molar refractivity (Wildman–Crippen MR) is 63.4 cm³/mol. The molecule has 1 atom stereocenters. The van der Waals surface area contributed by atoms with Crippen molar-refractivity contribution in [2.24, 2.45) is 0 Å². The van der Waals surface area contributed by atoms with E-state index in [1.165, 1.54) is 7.11 Å². The molecule has 1 heterocycles. The Morgan fingerprint density at radius 3 is 2.22 bits per heavy atom. The number of methoxy groups -OCH3 is 1. The predicted octanol–water partition coefficient (Wildman–Crippen LogP) is 1.97. The smallest absolute Gasteiger partial charge is 0.335 e. The molecule has 0 bridgehead atoms. The van der Waals surface area contributed by atoms with Gasteiger partial charge >= 0.3 is 8.60 Å². The summed E-state index contributed by atoms with van der Waals surface area (Å²) in [5, 5.41) is 0. The normalized spacial score (nSPS) is 25.2. The molecule has 1 aliphatic rings. The minimum atomic E-state index is -1.48. The van der Waals surface area contributed by atoms with Gasteiger partial charge < -0.3 is 28.0 Å². The minimum absolute atomic E-state index is 0.0731. The third-order valence-electron chi connectivity index (χ3n) is 1.88. The van der Waals surface area contributed by atoms with Crippen LogP contribution in [0.3, 0.4) is 0 Å². The van der Waals surface area contributed by atoms with Gasteiger partial charge in [-0.05, 0) is 20.8 Å². The van der Waals surface area contributed by atoms with Crippen molar-refractivity contribution in [2.45, 2.75) is 39.6 Å². The molecule has 0 radical (unpaired) electrons. The standard InChI is InChI=1S/C10H21O7P/c1-5-13-18(14-6-2)17-9(12-7-11-4)10-15-8(3)16-10/h8-10H,5-7H2,1-4H3. The molecule has 0 aromatic carbocycles. The molecule has 0 amide bonds. The second kappa shape index (κ2) is 9.12. The van der Waals surface area contributed by atoms with Gasteiger partial charge in [0.15, 0.2) is 6.29 Å². The van der Waals surface area contributed by atoms with Crippen molar-refractivity contribution in [3.63, 3.8) is 0 Å². The summed E-state index contributed by atoms with van der Waals surface area (Å²) in [5.41, 5.74) is 0. The summed E-state index contributed by atoms with van der Waals surface area (Å²) in [4.78, 5) is 0. The second-order valence-electron chi connectivity index (χ2n) is 3.31. The van der Waals surface area contributed by atoms with E-state index >= 15 is 0 Å². The average Bonchev–Trinajstić information content (AvgIpc) is 2.31. The molecule has 1 fully saturated rings. The molecular weight excluding hydrogens is 263 g/mol. The molecule has 0 aliphatic carbocycles. The van der Waals surface area contributed by atoms with Crippen LogP contribution in [0.1, 0.15) is 20.8 Å². The van der Waals surface area contributed by atoms with Crippen molar-refractivity contribution in [2.75, 3.05) is 27.1 Å². The Kier molecular flexibility index (Phi) is 8.21. The number of rotatable bonds is 10. The Hall–Kier alpha value is 0.150. The first-order chi connectivity index (χ1) is 8.71. The maximum absolute atomic E-state index is 5.55. The molecule has 7 nitrogen and oxygen atoms in total. The Morgan fingerprint density at radius 2 is 1.78 bits per heavy atom. The van der Waals surface area contributed by atoms with Crippen LogP contribution >= 0.6 is 8.60 Å². The quantitative estimate of drug-likeness (QED) is 0.449. The molecule has 0 saturated carbocycles. The lowest BCUT2D eigenvalue weighted by Crippen LogP contribution is -2.48.